The summed E-state index contributed by atoms with van der Waals surface area (Å²) in [6.45, 7) is 9.27. The molecule has 1 aromatic carbocycles. The third-order valence-corrected chi connectivity index (χ3v) is 4.44. The van der Waals surface area contributed by atoms with Gasteiger partial charge in [0, 0.05) is 12.8 Å². The zero-order chi connectivity index (χ0) is 24.5. The van der Waals surface area contributed by atoms with E-state index in [1.807, 2.05) is 0 Å². The van der Waals surface area contributed by atoms with E-state index in [0.29, 0.717) is 16.2 Å². The van der Waals surface area contributed by atoms with Gasteiger partial charge < -0.3 is 24.4 Å². The number of fused-ring (bicyclic) bond motifs is 1. The lowest BCUT2D eigenvalue weighted by Gasteiger charge is -2.34. The van der Waals surface area contributed by atoms with Gasteiger partial charge in [0.05, 0.1) is 0 Å². The van der Waals surface area contributed by atoms with Crippen LogP contribution in [0.2, 0.25) is 0 Å². The van der Waals surface area contributed by atoms with Crippen molar-refractivity contribution < 1.29 is 43.6 Å². The quantitative estimate of drug-likeness (QED) is 0.688. The molecule has 0 bridgehead atoms. The summed E-state index contributed by atoms with van der Waals surface area (Å²) < 4.78 is 16.1. The number of carbonyl (C=O) groups excluding carboxylic acids is 2. The molecule has 0 fully saturated rings. The van der Waals surface area contributed by atoms with Gasteiger partial charge in [0.1, 0.15) is 23.0 Å². The highest BCUT2D eigenvalue weighted by atomic mass is 16.6. The summed E-state index contributed by atoms with van der Waals surface area (Å²) in [5, 5.41) is 19.8. The van der Waals surface area contributed by atoms with E-state index in [2.05, 4.69) is 0 Å². The van der Waals surface area contributed by atoms with E-state index in [9.17, 15) is 29.4 Å². The van der Waals surface area contributed by atoms with E-state index in [1.54, 1.807) is 65.8 Å². The van der Waals surface area contributed by atoms with Crippen LogP contribution in [0, 0.1) is 0 Å². The van der Waals surface area contributed by atoms with Crippen molar-refractivity contribution in [1.82, 2.24) is 4.90 Å². The van der Waals surface area contributed by atoms with Crippen LogP contribution in [0.3, 0.4) is 0 Å². The van der Waals surface area contributed by atoms with Gasteiger partial charge in [-0.1, -0.05) is 18.2 Å². The molecule has 2 rings (SSSR count). The lowest BCUT2D eigenvalue weighted by atomic mass is 9.89. The first-order valence-electron chi connectivity index (χ1n) is 10.0. The molecular formula is C22H29NO9. The molecule has 0 saturated carbocycles. The highest BCUT2D eigenvalue weighted by molar-refractivity contribution is 5.94. The molecule has 10 heteroatoms. The smallest absolute Gasteiger partial charge is 0.420 e. The number of ether oxygens (including phenoxy) is 3. The van der Waals surface area contributed by atoms with E-state index in [1.165, 1.54) is 0 Å². The Balaban J connectivity index is 2.47. The normalized spacial score (nSPS) is 18.7. The molecule has 0 aliphatic carbocycles. The van der Waals surface area contributed by atoms with Gasteiger partial charge in [-0.05, 0) is 53.2 Å². The van der Waals surface area contributed by atoms with Crippen molar-refractivity contribution in [1.29, 1.82) is 0 Å². The second-order valence-electron chi connectivity index (χ2n) is 9.57. The molecule has 2 amide bonds. The Kier molecular flexibility index (Phi) is 6.77. The van der Waals surface area contributed by atoms with Crippen molar-refractivity contribution in [3.63, 3.8) is 0 Å². The average Bonchev–Trinajstić information content (AvgIpc) is 2.97. The first-order valence-corrected chi connectivity index (χ1v) is 10.0. The molecule has 2 N–H and O–H groups in total. The lowest BCUT2D eigenvalue weighted by molar-refractivity contribution is -0.158. The number of carbonyl (C=O) groups is 4. The zero-order valence-electron chi connectivity index (χ0n) is 19.0. The Labute approximate surface area is 186 Å². The Morgan fingerprint density at radius 3 is 1.91 bits per heavy atom. The minimum Gasteiger partial charge on any atom is -0.480 e. The van der Waals surface area contributed by atoms with Gasteiger partial charge in [0.15, 0.2) is 0 Å². The first-order chi connectivity index (χ1) is 14.5. The van der Waals surface area contributed by atoms with Crippen molar-refractivity contribution in [3.8, 4) is 5.75 Å². The largest absolute Gasteiger partial charge is 0.480 e. The number of para-hydroxylation sites is 1. The number of rotatable bonds is 5. The SMILES string of the molecule is CC(C)(C)OC(=O)N(C(=O)OC(C)(C)C)[C@@H](C[C@]1(C(=O)O)Cc2ccccc2O1)C(=O)O. The summed E-state index contributed by atoms with van der Waals surface area (Å²) in [5.41, 5.74) is -3.54. The van der Waals surface area contributed by atoms with Crippen LogP contribution in [-0.2, 0) is 25.5 Å². The van der Waals surface area contributed by atoms with Gasteiger partial charge in [0.2, 0.25) is 5.60 Å². The Morgan fingerprint density at radius 2 is 1.50 bits per heavy atom. The number of hydrogen-bond donors (Lipinski definition) is 2. The maximum atomic E-state index is 12.8. The molecule has 32 heavy (non-hydrogen) atoms. The predicted octanol–water partition coefficient (Wildman–Crippen LogP) is 3.46. The second kappa shape index (κ2) is 8.68. The van der Waals surface area contributed by atoms with Crippen LogP contribution in [0.15, 0.2) is 24.3 Å². The van der Waals surface area contributed by atoms with Crippen molar-refractivity contribution in [2.24, 2.45) is 0 Å². The minimum absolute atomic E-state index is 0.140. The summed E-state index contributed by atoms with van der Waals surface area (Å²) in [5.74, 6) is -2.74. The second-order valence-corrected chi connectivity index (χ2v) is 9.57. The molecule has 0 radical (unpaired) electrons. The summed E-state index contributed by atoms with van der Waals surface area (Å²) >= 11 is 0. The third-order valence-electron chi connectivity index (χ3n) is 4.44. The average molecular weight is 451 g/mol. The summed E-state index contributed by atoms with van der Waals surface area (Å²) in [6.07, 6.45) is -3.39. The summed E-state index contributed by atoms with van der Waals surface area (Å²) in [7, 11) is 0. The van der Waals surface area contributed by atoms with Crippen LogP contribution in [0.25, 0.3) is 0 Å². The highest BCUT2D eigenvalue weighted by Crippen LogP contribution is 2.39. The van der Waals surface area contributed by atoms with Crippen LogP contribution in [0.1, 0.15) is 53.5 Å². The van der Waals surface area contributed by atoms with Crippen molar-refractivity contribution in [3.05, 3.63) is 29.8 Å². The Bertz CT molecular complexity index is 858. The first kappa shape index (κ1) is 25.0. The molecule has 0 saturated heterocycles. The fourth-order valence-corrected chi connectivity index (χ4v) is 3.18. The molecule has 0 unspecified atom stereocenters. The van der Waals surface area contributed by atoms with Crippen LogP contribution in [0.4, 0.5) is 9.59 Å². The maximum Gasteiger partial charge on any atom is 0.420 e. The fourth-order valence-electron chi connectivity index (χ4n) is 3.18. The van der Waals surface area contributed by atoms with Crippen molar-refractivity contribution in [2.75, 3.05) is 0 Å². The van der Waals surface area contributed by atoms with Gasteiger partial charge >= 0.3 is 24.1 Å². The number of imide groups is 1. The van der Waals surface area contributed by atoms with Gasteiger partial charge in [-0.15, -0.1) is 0 Å². The number of hydrogen-bond acceptors (Lipinski definition) is 7. The number of nitrogens with zero attached hydrogens (tertiary/aromatic N) is 1. The van der Waals surface area contributed by atoms with Gasteiger partial charge in [0.25, 0.3) is 0 Å². The van der Waals surface area contributed by atoms with Gasteiger partial charge in [-0.3, -0.25) is 0 Å². The molecule has 1 aromatic rings. The third kappa shape index (κ3) is 5.89. The number of carboxylic acid groups (broad SMARTS) is 2. The van der Waals surface area contributed by atoms with E-state index in [0.717, 1.165) is 0 Å². The lowest BCUT2D eigenvalue weighted by Crippen LogP contribution is -2.57. The van der Waals surface area contributed by atoms with E-state index >= 15 is 0 Å². The maximum absolute atomic E-state index is 12.8. The summed E-state index contributed by atoms with van der Waals surface area (Å²) in [4.78, 5) is 50.4. The topological polar surface area (TPSA) is 140 Å². The molecule has 0 aromatic heterocycles. The standard InChI is InChI=1S/C22H29NO9/c1-20(2,3)31-18(28)23(19(29)32-21(4,5)6)14(16(24)25)12-22(17(26)27)11-13-9-7-8-10-15(13)30-22/h7-10,14H,11-12H2,1-6H3,(H,24,25)(H,26,27)/t14-,22-/m0/s1. The fraction of sp³-hybridized carbons (Fsp3) is 0.545. The molecule has 1 aliphatic heterocycles. The van der Waals surface area contributed by atoms with Gasteiger partial charge in [-0.2, -0.15) is 4.90 Å². The van der Waals surface area contributed by atoms with Crippen LogP contribution in [0.5, 0.6) is 5.75 Å². The van der Waals surface area contributed by atoms with Crippen molar-refractivity contribution >= 4 is 24.1 Å². The molecule has 0 spiro atoms. The molecule has 1 heterocycles. The molecule has 2 atom stereocenters. The van der Waals surface area contributed by atoms with E-state index in [-0.39, 0.29) is 6.42 Å². The molecule has 176 valence electrons. The number of benzene rings is 1. The Morgan fingerprint density at radius 1 is 1.00 bits per heavy atom. The predicted molar refractivity (Wildman–Crippen MR) is 111 cm³/mol. The van der Waals surface area contributed by atoms with Crippen LogP contribution >= 0.6 is 0 Å². The number of carboxylic acids is 2. The minimum atomic E-state index is -2.00. The number of aliphatic carboxylic acids is 2. The molecule has 1 aliphatic rings. The highest BCUT2D eigenvalue weighted by Gasteiger charge is 2.53. The van der Waals surface area contributed by atoms with Crippen molar-refractivity contribution in [2.45, 2.75) is 77.2 Å². The molecular weight excluding hydrogens is 422 g/mol. The Hall–Kier alpha value is -3.30. The zero-order valence-corrected chi connectivity index (χ0v) is 19.0. The van der Waals surface area contributed by atoms with E-state index < -0.39 is 53.4 Å². The van der Waals surface area contributed by atoms with E-state index in [4.69, 9.17) is 14.2 Å². The summed E-state index contributed by atoms with van der Waals surface area (Å²) in [6, 6.07) is 4.65. The number of amides is 2. The monoisotopic (exact) mass is 451 g/mol. The van der Waals surface area contributed by atoms with Crippen LogP contribution in [-0.4, -0.2) is 62.1 Å². The van der Waals surface area contributed by atoms with Crippen LogP contribution < -0.4 is 4.74 Å². The van der Waals surface area contributed by atoms with Gasteiger partial charge in [-0.25, -0.2) is 19.2 Å². The molecule has 10 nitrogen and oxygen atoms in total.